The summed E-state index contributed by atoms with van der Waals surface area (Å²) in [5, 5.41) is 7.27. The molecule has 1 aliphatic heterocycles. The second-order valence-electron chi connectivity index (χ2n) is 4.43. The van der Waals surface area contributed by atoms with Crippen LogP contribution in [0.4, 0.5) is 0 Å². The lowest BCUT2D eigenvalue weighted by molar-refractivity contribution is 0.558. The number of sulfonamides is 1. The molecule has 0 aromatic carbocycles. The fourth-order valence-corrected chi connectivity index (χ4v) is 3.89. The number of aromatic nitrogens is 2. The van der Waals surface area contributed by atoms with Crippen LogP contribution in [-0.4, -0.2) is 37.3 Å². The van der Waals surface area contributed by atoms with E-state index in [1.54, 1.807) is 25.6 Å². The Morgan fingerprint density at radius 1 is 1.47 bits per heavy atom. The molecule has 2 heterocycles. The van der Waals surface area contributed by atoms with Gasteiger partial charge in [-0.3, -0.25) is 4.68 Å². The van der Waals surface area contributed by atoms with Crippen LogP contribution in [0.1, 0.15) is 17.8 Å². The summed E-state index contributed by atoms with van der Waals surface area (Å²) >= 11 is 0. The van der Waals surface area contributed by atoms with Crippen molar-refractivity contribution in [3.8, 4) is 0 Å². The van der Waals surface area contributed by atoms with Gasteiger partial charge in [-0.1, -0.05) is 0 Å². The third kappa shape index (κ3) is 2.36. The molecule has 7 heteroatoms. The van der Waals surface area contributed by atoms with Gasteiger partial charge in [0.25, 0.3) is 0 Å². The molecule has 0 aliphatic carbocycles. The normalized spacial score (nSPS) is 21.0. The number of hydrogen-bond donors (Lipinski definition) is 2. The van der Waals surface area contributed by atoms with Crippen molar-refractivity contribution in [1.29, 1.82) is 0 Å². The van der Waals surface area contributed by atoms with Crippen LogP contribution in [0.25, 0.3) is 0 Å². The Labute approximate surface area is 101 Å². The summed E-state index contributed by atoms with van der Waals surface area (Å²) in [7, 11) is -1.71. The molecule has 0 bridgehead atoms. The van der Waals surface area contributed by atoms with Gasteiger partial charge < -0.3 is 5.32 Å². The van der Waals surface area contributed by atoms with Gasteiger partial charge in [0.2, 0.25) is 10.0 Å². The molecular formula is C10H18N4O2S. The van der Waals surface area contributed by atoms with Gasteiger partial charge in [-0.15, -0.1) is 0 Å². The first-order valence-electron chi connectivity index (χ1n) is 5.65. The second-order valence-corrected chi connectivity index (χ2v) is 6.09. The van der Waals surface area contributed by atoms with E-state index < -0.39 is 10.0 Å². The summed E-state index contributed by atoms with van der Waals surface area (Å²) in [6.45, 7) is 5.03. The minimum Gasteiger partial charge on any atom is -0.315 e. The molecule has 96 valence electrons. The van der Waals surface area contributed by atoms with Gasteiger partial charge in [-0.05, 0) is 26.8 Å². The third-order valence-corrected chi connectivity index (χ3v) is 4.87. The van der Waals surface area contributed by atoms with E-state index in [0.717, 1.165) is 13.0 Å². The van der Waals surface area contributed by atoms with E-state index in [0.29, 0.717) is 22.8 Å². The van der Waals surface area contributed by atoms with Crippen LogP contribution >= 0.6 is 0 Å². The SMILES string of the molecule is Cc1nn(C)c(C)c1S(=O)(=O)NC1CCNC1. The minimum absolute atomic E-state index is 0.0148. The van der Waals surface area contributed by atoms with Gasteiger partial charge in [0.1, 0.15) is 4.90 Å². The quantitative estimate of drug-likeness (QED) is 0.779. The molecule has 17 heavy (non-hydrogen) atoms. The van der Waals surface area contributed by atoms with E-state index in [1.165, 1.54) is 0 Å². The number of rotatable bonds is 3. The lowest BCUT2D eigenvalue weighted by Gasteiger charge is -2.12. The molecule has 2 rings (SSSR count). The largest absolute Gasteiger partial charge is 0.315 e. The lowest BCUT2D eigenvalue weighted by atomic mass is 10.3. The molecule has 2 N–H and O–H groups in total. The standard InChI is InChI=1S/C10H18N4O2S/c1-7-10(8(2)14(3)12-7)17(15,16)13-9-4-5-11-6-9/h9,11,13H,4-6H2,1-3H3. The second kappa shape index (κ2) is 4.40. The van der Waals surface area contributed by atoms with Crippen LogP contribution in [0, 0.1) is 13.8 Å². The molecule has 1 fully saturated rings. The van der Waals surface area contributed by atoms with Gasteiger partial charge in [-0.25, -0.2) is 13.1 Å². The first-order chi connectivity index (χ1) is 7.92. The van der Waals surface area contributed by atoms with Crippen LogP contribution in [0.2, 0.25) is 0 Å². The number of aryl methyl sites for hydroxylation is 2. The zero-order valence-corrected chi connectivity index (χ0v) is 11.1. The number of nitrogens with one attached hydrogen (secondary N) is 2. The van der Waals surface area contributed by atoms with Crippen LogP contribution in [-0.2, 0) is 17.1 Å². The zero-order valence-electron chi connectivity index (χ0n) is 10.3. The van der Waals surface area contributed by atoms with Crippen LogP contribution in [0.5, 0.6) is 0 Å². The number of hydrogen-bond acceptors (Lipinski definition) is 4. The molecule has 0 radical (unpaired) electrons. The topological polar surface area (TPSA) is 76.0 Å². The molecule has 1 aliphatic rings. The minimum atomic E-state index is -3.46. The summed E-state index contributed by atoms with van der Waals surface area (Å²) in [5.74, 6) is 0. The van der Waals surface area contributed by atoms with Crippen molar-refractivity contribution in [2.24, 2.45) is 7.05 Å². The summed E-state index contributed by atoms with van der Waals surface area (Å²) in [5.41, 5.74) is 1.21. The Morgan fingerprint density at radius 3 is 2.65 bits per heavy atom. The summed E-state index contributed by atoms with van der Waals surface area (Å²) in [6, 6.07) is -0.0148. The molecule has 0 spiro atoms. The van der Waals surface area contributed by atoms with Crippen molar-refractivity contribution in [3.63, 3.8) is 0 Å². The Hall–Kier alpha value is -0.920. The molecule has 1 unspecified atom stereocenters. The van der Waals surface area contributed by atoms with Crippen LogP contribution < -0.4 is 10.0 Å². The molecule has 0 amide bonds. The first kappa shape index (κ1) is 12.5. The highest BCUT2D eigenvalue weighted by Gasteiger charge is 2.27. The predicted molar refractivity (Wildman–Crippen MR) is 64.3 cm³/mol. The van der Waals surface area contributed by atoms with E-state index >= 15 is 0 Å². The van der Waals surface area contributed by atoms with Crippen molar-refractivity contribution in [3.05, 3.63) is 11.4 Å². The van der Waals surface area contributed by atoms with Crippen LogP contribution in [0.15, 0.2) is 4.90 Å². The van der Waals surface area contributed by atoms with Gasteiger partial charge in [0, 0.05) is 19.6 Å². The Balaban J connectivity index is 2.30. The smallest absolute Gasteiger partial charge is 0.244 e. The van der Waals surface area contributed by atoms with Crippen molar-refractivity contribution < 1.29 is 8.42 Å². The summed E-state index contributed by atoms with van der Waals surface area (Å²) in [6.07, 6.45) is 0.831. The average Bonchev–Trinajstić information content (AvgIpc) is 2.76. The van der Waals surface area contributed by atoms with Crippen molar-refractivity contribution >= 4 is 10.0 Å². The maximum absolute atomic E-state index is 12.3. The zero-order chi connectivity index (χ0) is 12.6. The Kier molecular flexibility index (Phi) is 3.24. The van der Waals surface area contributed by atoms with E-state index in [4.69, 9.17) is 0 Å². The molecular weight excluding hydrogens is 240 g/mol. The fraction of sp³-hybridized carbons (Fsp3) is 0.700. The van der Waals surface area contributed by atoms with E-state index in [9.17, 15) is 8.42 Å². The lowest BCUT2D eigenvalue weighted by Crippen LogP contribution is -2.36. The van der Waals surface area contributed by atoms with Crippen molar-refractivity contribution in [2.45, 2.75) is 31.2 Å². The maximum Gasteiger partial charge on any atom is 0.244 e. The Bertz CT molecular complexity index is 515. The maximum atomic E-state index is 12.3. The molecule has 1 atom stereocenters. The average molecular weight is 258 g/mol. The van der Waals surface area contributed by atoms with Gasteiger partial charge >= 0.3 is 0 Å². The molecule has 1 saturated heterocycles. The van der Waals surface area contributed by atoms with Crippen molar-refractivity contribution in [2.75, 3.05) is 13.1 Å². The van der Waals surface area contributed by atoms with Crippen molar-refractivity contribution in [1.82, 2.24) is 19.8 Å². The molecule has 0 saturated carbocycles. The highest BCUT2D eigenvalue weighted by molar-refractivity contribution is 7.89. The van der Waals surface area contributed by atoms with E-state index in [-0.39, 0.29) is 6.04 Å². The monoisotopic (exact) mass is 258 g/mol. The molecule has 1 aromatic rings. The van der Waals surface area contributed by atoms with Gasteiger partial charge in [-0.2, -0.15) is 5.10 Å². The highest BCUT2D eigenvalue weighted by atomic mass is 32.2. The summed E-state index contributed by atoms with van der Waals surface area (Å²) < 4.78 is 28.8. The Morgan fingerprint density at radius 2 is 2.18 bits per heavy atom. The van der Waals surface area contributed by atoms with E-state index in [2.05, 4.69) is 15.1 Å². The summed E-state index contributed by atoms with van der Waals surface area (Å²) in [4.78, 5) is 0.312. The van der Waals surface area contributed by atoms with E-state index in [1.807, 2.05) is 0 Å². The molecule has 6 nitrogen and oxygen atoms in total. The first-order valence-corrected chi connectivity index (χ1v) is 7.13. The van der Waals surface area contributed by atoms with Crippen LogP contribution in [0.3, 0.4) is 0 Å². The van der Waals surface area contributed by atoms with Gasteiger partial charge in [0.15, 0.2) is 0 Å². The molecule has 1 aromatic heterocycles. The predicted octanol–water partition coefficient (Wildman–Crippen LogP) is -0.323. The fourth-order valence-electron chi connectivity index (χ4n) is 2.18. The highest BCUT2D eigenvalue weighted by Crippen LogP contribution is 2.19. The third-order valence-electron chi connectivity index (χ3n) is 3.09. The number of nitrogens with zero attached hydrogens (tertiary/aromatic N) is 2. The van der Waals surface area contributed by atoms with Gasteiger partial charge in [0.05, 0.1) is 11.4 Å².